The topological polar surface area (TPSA) is 15.3 Å². The highest BCUT2D eigenvalue weighted by Gasteiger charge is 2.17. The lowest BCUT2D eigenvalue weighted by Gasteiger charge is -2.33. The van der Waals surface area contributed by atoms with Crippen LogP contribution in [0.3, 0.4) is 0 Å². The smallest absolute Gasteiger partial charge is 0.0411 e. The number of anilines is 1. The SMILES string of the molecule is CN(c1ccccc1)C1CCCNC1. The summed E-state index contributed by atoms with van der Waals surface area (Å²) in [6, 6.07) is 11.3. The Balaban J connectivity index is 2.03. The average Bonchev–Trinajstić information content (AvgIpc) is 2.30. The van der Waals surface area contributed by atoms with Crippen LogP contribution in [0.25, 0.3) is 0 Å². The monoisotopic (exact) mass is 190 g/mol. The van der Waals surface area contributed by atoms with Crippen LogP contribution in [0.4, 0.5) is 5.69 Å². The van der Waals surface area contributed by atoms with E-state index in [1.54, 1.807) is 0 Å². The Morgan fingerprint density at radius 3 is 2.71 bits per heavy atom. The summed E-state index contributed by atoms with van der Waals surface area (Å²) in [7, 11) is 2.19. The van der Waals surface area contributed by atoms with Crippen molar-refractivity contribution < 1.29 is 0 Å². The lowest BCUT2D eigenvalue weighted by Crippen LogP contribution is -2.44. The second-order valence-corrected chi connectivity index (χ2v) is 3.95. The van der Waals surface area contributed by atoms with Gasteiger partial charge in [-0.05, 0) is 31.5 Å². The maximum atomic E-state index is 3.44. The first-order valence-electron chi connectivity index (χ1n) is 5.36. The number of likely N-dealkylation sites (N-methyl/N-ethyl adjacent to an activating group) is 1. The first-order valence-corrected chi connectivity index (χ1v) is 5.36. The molecule has 1 aromatic carbocycles. The van der Waals surface area contributed by atoms with Crippen molar-refractivity contribution in [3.05, 3.63) is 30.3 Å². The number of hydrogen-bond acceptors (Lipinski definition) is 2. The molecule has 0 saturated carbocycles. The molecule has 1 atom stereocenters. The van der Waals surface area contributed by atoms with Crippen molar-refractivity contribution in [2.24, 2.45) is 0 Å². The third kappa shape index (κ3) is 2.07. The van der Waals surface area contributed by atoms with Crippen molar-refractivity contribution in [3.8, 4) is 0 Å². The van der Waals surface area contributed by atoms with E-state index >= 15 is 0 Å². The highest BCUT2D eigenvalue weighted by Crippen LogP contribution is 2.17. The minimum atomic E-state index is 0.658. The summed E-state index contributed by atoms with van der Waals surface area (Å²) in [5, 5.41) is 3.44. The molecule has 2 nitrogen and oxygen atoms in total. The summed E-state index contributed by atoms with van der Waals surface area (Å²) in [4.78, 5) is 2.38. The molecule has 0 amide bonds. The molecular weight excluding hydrogens is 172 g/mol. The highest BCUT2D eigenvalue weighted by atomic mass is 15.2. The molecule has 1 aromatic rings. The normalized spacial score (nSPS) is 21.9. The molecule has 2 rings (SSSR count). The lowest BCUT2D eigenvalue weighted by atomic mass is 10.1. The number of nitrogens with zero attached hydrogens (tertiary/aromatic N) is 1. The van der Waals surface area contributed by atoms with Gasteiger partial charge in [0, 0.05) is 25.3 Å². The van der Waals surface area contributed by atoms with E-state index in [0.717, 1.165) is 6.54 Å². The molecule has 1 fully saturated rings. The Morgan fingerprint density at radius 2 is 2.07 bits per heavy atom. The Bertz CT molecular complexity index is 265. The summed E-state index contributed by atoms with van der Waals surface area (Å²) >= 11 is 0. The molecule has 1 N–H and O–H groups in total. The summed E-state index contributed by atoms with van der Waals surface area (Å²) < 4.78 is 0. The molecule has 76 valence electrons. The fraction of sp³-hybridized carbons (Fsp3) is 0.500. The predicted octanol–water partition coefficient (Wildman–Crippen LogP) is 1.87. The first kappa shape index (κ1) is 9.53. The molecule has 0 aliphatic carbocycles. The van der Waals surface area contributed by atoms with E-state index < -0.39 is 0 Å². The van der Waals surface area contributed by atoms with Crippen molar-refractivity contribution in [2.75, 3.05) is 25.0 Å². The molecule has 1 saturated heterocycles. The standard InChI is InChI=1S/C12H18N2/c1-14(11-6-3-2-4-7-11)12-8-5-9-13-10-12/h2-4,6-7,12-13H,5,8-10H2,1H3. The van der Waals surface area contributed by atoms with E-state index in [4.69, 9.17) is 0 Å². The van der Waals surface area contributed by atoms with Crippen LogP contribution in [0.15, 0.2) is 30.3 Å². The lowest BCUT2D eigenvalue weighted by molar-refractivity contribution is 0.445. The van der Waals surface area contributed by atoms with Gasteiger partial charge in [0.1, 0.15) is 0 Å². The zero-order valence-electron chi connectivity index (χ0n) is 8.74. The van der Waals surface area contributed by atoms with Gasteiger partial charge in [0.05, 0.1) is 0 Å². The number of piperidine rings is 1. The van der Waals surface area contributed by atoms with Crippen LogP contribution in [-0.2, 0) is 0 Å². The Hall–Kier alpha value is -1.02. The Labute approximate surface area is 85.9 Å². The van der Waals surface area contributed by atoms with Gasteiger partial charge in [-0.25, -0.2) is 0 Å². The van der Waals surface area contributed by atoms with Gasteiger partial charge in [0.2, 0.25) is 0 Å². The molecule has 0 spiro atoms. The molecule has 1 heterocycles. The number of hydrogen-bond donors (Lipinski definition) is 1. The third-order valence-corrected chi connectivity index (χ3v) is 2.98. The minimum absolute atomic E-state index is 0.658. The number of rotatable bonds is 2. The van der Waals surface area contributed by atoms with E-state index in [2.05, 4.69) is 47.6 Å². The van der Waals surface area contributed by atoms with E-state index in [0.29, 0.717) is 6.04 Å². The van der Waals surface area contributed by atoms with Gasteiger partial charge < -0.3 is 10.2 Å². The quantitative estimate of drug-likeness (QED) is 0.766. The predicted molar refractivity (Wildman–Crippen MR) is 60.7 cm³/mol. The average molecular weight is 190 g/mol. The third-order valence-electron chi connectivity index (χ3n) is 2.98. The zero-order valence-corrected chi connectivity index (χ0v) is 8.74. The van der Waals surface area contributed by atoms with E-state index in [-0.39, 0.29) is 0 Å². The number of benzene rings is 1. The number of para-hydroxylation sites is 1. The molecule has 0 radical (unpaired) electrons. The fourth-order valence-corrected chi connectivity index (χ4v) is 2.04. The van der Waals surface area contributed by atoms with Crippen LogP contribution < -0.4 is 10.2 Å². The largest absolute Gasteiger partial charge is 0.370 e. The van der Waals surface area contributed by atoms with Crippen LogP contribution >= 0.6 is 0 Å². The van der Waals surface area contributed by atoms with Crippen molar-refractivity contribution >= 4 is 5.69 Å². The number of nitrogens with one attached hydrogen (secondary N) is 1. The van der Waals surface area contributed by atoms with Crippen LogP contribution in [-0.4, -0.2) is 26.2 Å². The molecule has 2 heteroatoms. The summed E-state index contributed by atoms with van der Waals surface area (Å²) in [6.45, 7) is 2.30. The Kier molecular flexibility index (Phi) is 3.04. The van der Waals surface area contributed by atoms with Gasteiger partial charge in [-0.15, -0.1) is 0 Å². The molecule has 1 unspecified atom stereocenters. The second-order valence-electron chi connectivity index (χ2n) is 3.95. The fourth-order valence-electron chi connectivity index (χ4n) is 2.04. The molecule has 1 aliphatic rings. The van der Waals surface area contributed by atoms with Gasteiger partial charge in [-0.2, -0.15) is 0 Å². The zero-order chi connectivity index (χ0) is 9.80. The molecule has 0 bridgehead atoms. The Morgan fingerprint density at radius 1 is 1.29 bits per heavy atom. The van der Waals surface area contributed by atoms with Crippen LogP contribution in [0.5, 0.6) is 0 Å². The first-order chi connectivity index (χ1) is 6.88. The van der Waals surface area contributed by atoms with Gasteiger partial charge in [-0.1, -0.05) is 18.2 Å². The molecule has 0 aromatic heterocycles. The van der Waals surface area contributed by atoms with Crippen molar-refractivity contribution in [2.45, 2.75) is 18.9 Å². The van der Waals surface area contributed by atoms with E-state index in [1.165, 1.54) is 25.1 Å². The van der Waals surface area contributed by atoms with E-state index in [9.17, 15) is 0 Å². The van der Waals surface area contributed by atoms with Crippen LogP contribution in [0, 0.1) is 0 Å². The van der Waals surface area contributed by atoms with E-state index in [1.807, 2.05) is 0 Å². The van der Waals surface area contributed by atoms with Crippen LogP contribution in [0.1, 0.15) is 12.8 Å². The summed E-state index contributed by atoms with van der Waals surface area (Å²) in [6.07, 6.45) is 2.60. The van der Waals surface area contributed by atoms with Crippen molar-refractivity contribution in [1.29, 1.82) is 0 Å². The van der Waals surface area contributed by atoms with Crippen molar-refractivity contribution in [1.82, 2.24) is 5.32 Å². The van der Waals surface area contributed by atoms with Gasteiger partial charge in [-0.3, -0.25) is 0 Å². The second kappa shape index (κ2) is 4.47. The van der Waals surface area contributed by atoms with Crippen LogP contribution in [0.2, 0.25) is 0 Å². The highest BCUT2D eigenvalue weighted by molar-refractivity contribution is 5.46. The van der Waals surface area contributed by atoms with Gasteiger partial charge in [0.25, 0.3) is 0 Å². The maximum absolute atomic E-state index is 3.44. The molecule has 1 aliphatic heterocycles. The molecular formula is C12H18N2. The summed E-state index contributed by atoms with van der Waals surface area (Å²) in [5.74, 6) is 0. The maximum Gasteiger partial charge on any atom is 0.0411 e. The molecule has 14 heavy (non-hydrogen) atoms. The van der Waals surface area contributed by atoms with Crippen molar-refractivity contribution in [3.63, 3.8) is 0 Å². The summed E-state index contributed by atoms with van der Waals surface area (Å²) in [5.41, 5.74) is 1.32. The minimum Gasteiger partial charge on any atom is -0.370 e. The van der Waals surface area contributed by atoms with Gasteiger partial charge in [0.15, 0.2) is 0 Å². The van der Waals surface area contributed by atoms with Gasteiger partial charge >= 0.3 is 0 Å².